The molecule has 2 N–H and O–H groups in total. The summed E-state index contributed by atoms with van der Waals surface area (Å²) < 4.78 is 5.41. The van der Waals surface area contributed by atoms with Crippen LogP contribution in [0.25, 0.3) is 11.2 Å². The first-order valence-corrected chi connectivity index (χ1v) is 8.19. The van der Waals surface area contributed by atoms with E-state index >= 15 is 0 Å². The number of nitrogens with one attached hydrogen (secondary N) is 2. The smallest absolute Gasteiger partial charge is 0.226 e. The van der Waals surface area contributed by atoms with Gasteiger partial charge in [-0.3, -0.25) is 0 Å². The fourth-order valence-corrected chi connectivity index (χ4v) is 2.97. The highest BCUT2D eigenvalue weighted by atomic mass is 35.5. The predicted octanol–water partition coefficient (Wildman–Crippen LogP) is 2.46. The molecule has 1 aliphatic heterocycles. The molecule has 1 saturated heterocycles. The Labute approximate surface area is 144 Å². The third kappa shape index (κ3) is 3.13. The number of H-pyrrole nitrogens is 1. The quantitative estimate of drug-likeness (QED) is 0.708. The van der Waals surface area contributed by atoms with E-state index in [2.05, 4.69) is 54.4 Å². The Hall–Kier alpha value is -2.38. The first-order chi connectivity index (χ1) is 11.8. The average Bonchev–Trinajstić information content (AvgIpc) is 3.09. The molecular formula is C16H17ClN6O. The third-order valence-corrected chi connectivity index (χ3v) is 4.17. The number of aromatic nitrogens is 4. The summed E-state index contributed by atoms with van der Waals surface area (Å²) in [5, 5.41) is 3.49. The van der Waals surface area contributed by atoms with Gasteiger partial charge >= 0.3 is 0 Å². The largest absolute Gasteiger partial charge is 0.378 e. The van der Waals surface area contributed by atoms with Gasteiger partial charge in [0.1, 0.15) is 5.52 Å². The number of hydrogen-bond acceptors (Lipinski definition) is 6. The molecule has 24 heavy (non-hydrogen) atoms. The summed E-state index contributed by atoms with van der Waals surface area (Å²) in [4.78, 5) is 17.8. The Bertz CT molecular complexity index is 845. The van der Waals surface area contributed by atoms with E-state index < -0.39 is 0 Å². The number of anilines is 2. The summed E-state index contributed by atoms with van der Waals surface area (Å²) in [6, 6.07) is 8.47. The molecule has 1 aromatic carbocycles. The molecule has 3 heterocycles. The molecule has 1 fully saturated rings. The van der Waals surface area contributed by atoms with Crippen molar-refractivity contribution in [3.8, 4) is 0 Å². The van der Waals surface area contributed by atoms with Gasteiger partial charge in [0.2, 0.25) is 5.28 Å². The Morgan fingerprint density at radius 2 is 2.12 bits per heavy atom. The molecule has 0 radical (unpaired) electrons. The minimum atomic E-state index is 0.180. The number of morpholine rings is 1. The number of hydrogen-bond donors (Lipinski definition) is 2. The van der Waals surface area contributed by atoms with Crippen LogP contribution >= 0.6 is 11.6 Å². The molecule has 124 valence electrons. The lowest BCUT2D eigenvalue weighted by Crippen LogP contribution is -2.36. The van der Waals surface area contributed by atoms with Crippen molar-refractivity contribution < 1.29 is 4.74 Å². The van der Waals surface area contributed by atoms with Crippen LogP contribution in [0.1, 0.15) is 5.56 Å². The minimum absolute atomic E-state index is 0.180. The summed E-state index contributed by atoms with van der Waals surface area (Å²) in [7, 11) is 0. The first kappa shape index (κ1) is 15.2. The molecule has 8 heteroatoms. The molecular weight excluding hydrogens is 328 g/mol. The van der Waals surface area contributed by atoms with Crippen molar-refractivity contribution in [2.75, 3.05) is 36.5 Å². The van der Waals surface area contributed by atoms with E-state index in [0.29, 0.717) is 18.0 Å². The maximum Gasteiger partial charge on any atom is 0.226 e. The zero-order chi connectivity index (χ0) is 16.4. The number of nitrogens with zero attached hydrogens (tertiary/aromatic N) is 4. The van der Waals surface area contributed by atoms with Crippen LogP contribution in [0.3, 0.4) is 0 Å². The topological polar surface area (TPSA) is 79.0 Å². The monoisotopic (exact) mass is 344 g/mol. The van der Waals surface area contributed by atoms with Gasteiger partial charge in [-0.2, -0.15) is 9.97 Å². The van der Waals surface area contributed by atoms with Gasteiger partial charge in [0.05, 0.1) is 19.5 Å². The summed E-state index contributed by atoms with van der Waals surface area (Å²) in [6.45, 7) is 4.04. The van der Waals surface area contributed by atoms with E-state index in [-0.39, 0.29) is 5.28 Å². The highest BCUT2D eigenvalue weighted by Gasteiger charge is 2.12. The average molecular weight is 345 g/mol. The van der Waals surface area contributed by atoms with Crippen LogP contribution < -0.4 is 10.2 Å². The standard InChI is InChI=1S/C16H17ClN6O/c17-16-21-14(13-15(22-16)20-10-19-13)18-9-11-2-1-3-12(8-11)23-4-6-24-7-5-23/h1-3,8,10H,4-7,9H2,(H2,18,19,20,21,22). The van der Waals surface area contributed by atoms with E-state index in [1.165, 1.54) is 11.3 Å². The molecule has 2 aromatic heterocycles. The summed E-state index contributed by atoms with van der Waals surface area (Å²) in [6.07, 6.45) is 1.58. The highest BCUT2D eigenvalue weighted by molar-refractivity contribution is 6.28. The molecule has 0 saturated carbocycles. The predicted molar refractivity (Wildman–Crippen MR) is 93.5 cm³/mol. The van der Waals surface area contributed by atoms with Crippen molar-refractivity contribution in [2.45, 2.75) is 6.54 Å². The molecule has 3 aromatic rings. The second-order valence-electron chi connectivity index (χ2n) is 5.57. The van der Waals surface area contributed by atoms with E-state index in [9.17, 15) is 0 Å². The Balaban J connectivity index is 1.52. The summed E-state index contributed by atoms with van der Waals surface area (Å²) >= 11 is 5.95. The first-order valence-electron chi connectivity index (χ1n) is 7.82. The van der Waals surface area contributed by atoms with Gasteiger partial charge in [-0.05, 0) is 29.3 Å². The van der Waals surface area contributed by atoms with Gasteiger partial charge in [-0.1, -0.05) is 12.1 Å². The Morgan fingerprint density at radius 3 is 3.00 bits per heavy atom. The summed E-state index contributed by atoms with van der Waals surface area (Å²) in [5.41, 5.74) is 3.69. The van der Waals surface area contributed by atoms with Gasteiger partial charge in [-0.15, -0.1) is 0 Å². The molecule has 1 aliphatic rings. The van der Waals surface area contributed by atoms with Crippen LogP contribution in [0.5, 0.6) is 0 Å². The van der Waals surface area contributed by atoms with Crippen LogP contribution in [0, 0.1) is 0 Å². The maximum atomic E-state index is 5.95. The van der Waals surface area contributed by atoms with Crippen LogP contribution in [-0.2, 0) is 11.3 Å². The van der Waals surface area contributed by atoms with Crippen molar-refractivity contribution >= 4 is 34.3 Å². The molecule has 0 unspecified atom stereocenters. The lowest BCUT2D eigenvalue weighted by molar-refractivity contribution is 0.122. The molecule has 7 nitrogen and oxygen atoms in total. The Morgan fingerprint density at radius 1 is 1.25 bits per heavy atom. The summed E-state index contributed by atoms with van der Waals surface area (Å²) in [5.74, 6) is 0.652. The van der Waals surface area contributed by atoms with Gasteiger partial charge in [0.15, 0.2) is 11.5 Å². The van der Waals surface area contributed by atoms with Crippen LogP contribution in [-0.4, -0.2) is 46.2 Å². The number of aromatic amines is 1. The second-order valence-corrected chi connectivity index (χ2v) is 5.90. The molecule has 0 amide bonds. The Kier molecular flexibility index (Phi) is 4.18. The van der Waals surface area contributed by atoms with Crippen molar-refractivity contribution in [1.29, 1.82) is 0 Å². The van der Waals surface area contributed by atoms with Gasteiger partial charge in [0, 0.05) is 25.3 Å². The maximum absolute atomic E-state index is 5.95. The van der Waals surface area contributed by atoms with E-state index in [1.54, 1.807) is 6.33 Å². The fourth-order valence-electron chi connectivity index (χ4n) is 2.81. The van der Waals surface area contributed by atoms with Crippen molar-refractivity contribution in [3.05, 3.63) is 41.4 Å². The SMILES string of the molecule is Clc1nc(NCc2cccc(N3CCOCC3)c2)c2[nH]cnc2n1. The molecule has 0 atom stereocenters. The normalized spacial score (nSPS) is 15.0. The van der Waals surface area contributed by atoms with E-state index in [0.717, 1.165) is 31.8 Å². The van der Waals surface area contributed by atoms with Crippen LogP contribution in [0.15, 0.2) is 30.6 Å². The van der Waals surface area contributed by atoms with Crippen LogP contribution in [0.2, 0.25) is 5.28 Å². The van der Waals surface area contributed by atoms with E-state index in [4.69, 9.17) is 16.3 Å². The van der Waals surface area contributed by atoms with E-state index in [1.807, 2.05) is 0 Å². The zero-order valence-electron chi connectivity index (χ0n) is 13.0. The van der Waals surface area contributed by atoms with Gasteiger partial charge < -0.3 is 19.9 Å². The number of halogens is 1. The highest BCUT2D eigenvalue weighted by Crippen LogP contribution is 2.21. The third-order valence-electron chi connectivity index (χ3n) is 4.01. The number of ether oxygens (including phenoxy) is 1. The molecule has 0 spiro atoms. The van der Waals surface area contributed by atoms with Gasteiger partial charge in [-0.25, -0.2) is 4.98 Å². The fraction of sp³-hybridized carbons (Fsp3) is 0.312. The molecule has 0 aliphatic carbocycles. The van der Waals surface area contributed by atoms with Crippen molar-refractivity contribution in [2.24, 2.45) is 0 Å². The number of fused-ring (bicyclic) bond motifs is 1. The van der Waals surface area contributed by atoms with Crippen LogP contribution in [0.4, 0.5) is 11.5 Å². The second kappa shape index (κ2) is 6.62. The zero-order valence-corrected chi connectivity index (χ0v) is 13.8. The van der Waals surface area contributed by atoms with Crippen molar-refractivity contribution in [1.82, 2.24) is 19.9 Å². The lowest BCUT2D eigenvalue weighted by atomic mass is 10.1. The number of rotatable bonds is 4. The lowest BCUT2D eigenvalue weighted by Gasteiger charge is -2.29. The molecule has 4 rings (SSSR count). The molecule has 0 bridgehead atoms. The minimum Gasteiger partial charge on any atom is -0.378 e. The number of imidazole rings is 1. The van der Waals surface area contributed by atoms with Crippen molar-refractivity contribution in [3.63, 3.8) is 0 Å². The van der Waals surface area contributed by atoms with Gasteiger partial charge in [0.25, 0.3) is 0 Å². The number of benzene rings is 1.